The minimum absolute atomic E-state index is 0.388. The number of rotatable bonds is 5. The van der Waals surface area contributed by atoms with Gasteiger partial charge in [-0.25, -0.2) is 0 Å². The van der Waals surface area contributed by atoms with Gasteiger partial charge in [-0.1, -0.05) is 121 Å². The molecule has 0 spiro atoms. The predicted octanol–water partition coefficient (Wildman–Crippen LogP) is 12.5. The first kappa shape index (κ1) is 10.0. The van der Waals surface area contributed by atoms with Crippen LogP contribution in [0.4, 0.5) is 17.1 Å². The highest BCUT2D eigenvalue weighted by atomic mass is 32.1. The van der Waals surface area contributed by atoms with Crippen molar-refractivity contribution in [3.8, 4) is 22.3 Å². The molecule has 0 radical (unpaired) electrons. The molecule has 0 N–H and O–H groups in total. The van der Waals surface area contributed by atoms with E-state index in [0.717, 1.165) is 0 Å². The fourth-order valence-electron chi connectivity index (χ4n) is 5.23. The Labute approximate surface area is 317 Å². The van der Waals surface area contributed by atoms with Gasteiger partial charge in [-0.05, 0) is 94.1 Å². The smallest absolute Gasteiger partial charge is 0.0660 e. The van der Waals surface area contributed by atoms with E-state index in [1.807, 2.05) is 0 Å². The van der Waals surface area contributed by atoms with Gasteiger partial charge in [0, 0.05) is 46.8 Å². The highest BCUT2D eigenvalue weighted by Gasteiger charge is 2.40. The van der Waals surface area contributed by atoms with Crippen LogP contribution in [0.3, 0.4) is 0 Å². The van der Waals surface area contributed by atoms with Gasteiger partial charge in [-0.2, -0.15) is 0 Å². The van der Waals surface area contributed by atoms with Crippen molar-refractivity contribution in [2.75, 3.05) is 4.90 Å². The minimum atomic E-state index is -3.77. The summed E-state index contributed by atoms with van der Waals surface area (Å²) >= 11 is 0.388. The van der Waals surface area contributed by atoms with Crippen LogP contribution in [0, 0.1) is 0 Å². The molecule has 2 heteroatoms. The Kier molecular flexibility index (Phi) is 2.31. The van der Waals surface area contributed by atoms with Crippen molar-refractivity contribution in [2.45, 2.75) is 12.3 Å². The summed E-state index contributed by atoms with van der Waals surface area (Å²) in [5.41, 5.74) is -12.2. The Morgan fingerprint density at radius 3 is 1.78 bits per heavy atom. The topological polar surface area (TPSA) is 3.24 Å². The second-order valence-corrected chi connectivity index (χ2v) is 10.8. The highest BCUT2D eigenvalue weighted by molar-refractivity contribution is 7.25. The molecule has 1 nitrogen and oxygen atoms in total. The molecule has 46 heavy (non-hydrogen) atoms. The second kappa shape index (κ2) is 10.6. The molecule has 0 amide bonds. The van der Waals surface area contributed by atoms with Crippen molar-refractivity contribution in [3.05, 3.63) is 186 Å². The first-order valence-corrected chi connectivity index (χ1v) is 14.1. The van der Waals surface area contributed by atoms with E-state index < -0.39 is 258 Å². The van der Waals surface area contributed by atoms with Crippen molar-refractivity contribution in [1.82, 2.24) is 0 Å². The lowest BCUT2D eigenvalue weighted by molar-refractivity contribution is 0.715. The number of thiophene rings is 1. The largest absolute Gasteiger partial charge is 0.310 e. The van der Waals surface area contributed by atoms with Crippen molar-refractivity contribution >= 4 is 48.6 Å². The van der Waals surface area contributed by atoms with Gasteiger partial charge in [0.2, 0.25) is 0 Å². The monoisotopic (exact) mass is 636 g/mol. The molecule has 0 atom stereocenters. The lowest BCUT2D eigenvalue weighted by Crippen LogP contribution is -2.22. The highest BCUT2D eigenvalue weighted by Crippen LogP contribution is 2.53. The molecule has 1 heterocycles. The molecule has 9 rings (SSSR count). The van der Waals surface area contributed by atoms with E-state index in [0.29, 0.717) is 16.2 Å². The van der Waals surface area contributed by atoms with Crippen molar-refractivity contribution in [2.24, 2.45) is 0 Å². The van der Waals surface area contributed by atoms with Crippen LogP contribution in [0.5, 0.6) is 0 Å². The zero-order valence-electron chi connectivity index (χ0n) is 53.9. The number of fused-ring (bicyclic) bond motifs is 6. The van der Waals surface area contributed by atoms with Crippen molar-refractivity contribution < 1.29 is 42.5 Å². The summed E-state index contributed by atoms with van der Waals surface area (Å²) in [7, 11) is 0. The third kappa shape index (κ3) is 4.14. The molecule has 1 aromatic heterocycles. The van der Waals surface area contributed by atoms with E-state index in [4.69, 9.17) is 27.4 Å². The molecule has 0 saturated carbocycles. The van der Waals surface area contributed by atoms with Crippen LogP contribution >= 0.6 is 11.3 Å². The number of para-hydroxylation sites is 1. The molecule has 0 fully saturated rings. The van der Waals surface area contributed by atoms with E-state index >= 15 is 0 Å². The van der Waals surface area contributed by atoms with Gasteiger partial charge in [0.05, 0.1) is 38.4 Å². The second-order valence-electron chi connectivity index (χ2n) is 9.77. The summed E-state index contributed by atoms with van der Waals surface area (Å²) in [6.45, 7) is -3.77. The summed E-state index contributed by atoms with van der Waals surface area (Å²) in [5.74, 6) is 0. The molecule has 0 bridgehead atoms. The lowest BCUT2D eigenvalue weighted by atomic mass is 9.74. The molecular weight excluding hydrogens is 575 g/mol. The molecule has 0 saturated heterocycles. The number of anilines is 3. The first-order valence-electron chi connectivity index (χ1n) is 28.8. The third-order valence-electron chi connectivity index (χ3n) is 7.27. The van der Waals surface area contributed by atoms with Crippen molar-refractivity contribution in [3.63, 3.8) is 0 Å². The van der Waals surface area contributed by atoms with E-state index in [1.54, 1.807) is 0 Å². The predicted molar refractivity (Wildman–Crippen MR) is 197 cm³/mol. The fraction of sp³-hybridized carbons (Fsp3) is 0.0455. The van der Waals surface area contributed by atoms with Crippen LogP contribution in [0.2, 0.25) is 0 Å². The molecule has 1 aliphatic rings. The Hall–Kier alpha value is -5.44. The van der Waals surface area contributed by atoms with Crippen molar-refractivity contribution in [1.29, 1.82) is 0 Å². The minimum Gasteiger partial charge on any atom is -0.310 e. The van der Waals surface area contributed by atoms with E-state index in [1.165, 1.54) is 0 Å². The van der Waals surface area contributed by atoms with Gasteiger partial charge in [-0.15, -0.1) is 11.3 Å². The van der Waals surface area contributed by atoms with Crippen LogP contribution in [-0.2, 0) is 5.41 Å². The van der Waals surface area contributed by atoms with Gasteiger partial charge < -0.3 is 4.90 Å². The Bertz CT molecular complexity index is 3930. The summed E-state index contributed by atoms with van der Waals surface area (Å²) in [6.07, 6.45) is 0. The van der Waals surface area contributed by atoms with E-state index in [2.05, 4.69) is 0 Å². The Morgan fingerprint density at radius 2 is 1.09 bits per heavy atom. The van der Waals surface area contributed by atoms with Crippen LogP contribution in [0.25, 0.3) is 42.4 Å². The van der Waals surface area contributed by atoms with Gasteiger partial charge >= 0.3 is 0 Å². The lowest BCUT2D eigenvalue weighted by Gasteiger charge is -2.28. The Balaban J connectivity index is 1.47. The van der Waals surface area contributed by atoms with Gasteiger partial charge in [0.15, 0.2) is 0 Å². The van der Waals surface area contributed by atoms with Crippen LogP contribution in [0.15, 0.2) is 169 Å². The summed E-state index contributed by atoms with van der Waals surface area (Å²) in [5, 5.41) is -1.23. The van der Waals surface area contributed by atoms with E-state index in [9.17, 15) is 15.1 Å². The molecular formula is C44H31NS. The van der Waals surface area contributed by atoms with Crippen LogP contribution < -0.4 is 4.90 Å². The molecule has 0 unspecified atom stereocenters. The normalized spacial score (nSPS) is 22.8. The number of hydrogen-bond acceptors (Lipinski definition) is 2. The number of hydrogen-bond donors (Lipinski definition) is 0. The van der Waals surface area contributed by atoms with Gasteiger partial charge in [-0.3, -0.25) is 0 Å². The maximum atomic E-state index is 9.89. The third-order valence-corrected chi connectivity index (χ3v) is 8.29. The zero-order valence-corrected chi connectivity index (χ0v) is 23.7. The average molecular weight is 637 g/mol. The molecule has 0 aliphatic heterocycles. The van der Waals surface area contributed by atoms with Crippen LogP contribution in [-0.4, -0.2) is 0 Å². The summed E-state index contributed by atoms with van der Waals surface area (Å²) < 4.78 is 277. The summed E-state index contributed by atoms with van der Waals surface area (Å²) in [4.78, 5) is 0.417. The fourth-order valence-corrected chi connectivity index (χ4v) is 6.19. The van der Waals surface area contributed by atoms with Gasteiger partial charge in [0.25, 0.3) is 0 Å². The van der Waals surface area contributed by atoms with Gasteiger partial charge in [0.1, 0.15) is 0 Å². The summed E-state index contributed by atoms with van der Waals surface area (Å²) in [6, 6.07) is -28.9. The van der Waals surface area contributed by atoms with E-state index in [-0.39, 0.29) is 0 Å². The first-order chi connectivity index (χ1) is 35.6. The quantitative estimate of drug-likeness (QED) is 0.182. The SMILES string of the molecule is [2H]c1c([2H])c([2H])c(-c2c([2H])c([2H])c(N(c3c([2H])c([2H])c([2H])c([2H])c3[2H])c3c([2H])c([2H])c4c(sc5c([2H])c([2H])c(C6(C([2H])([2H])[2H])c7c([2H])c([2H])c([2H])c([2H])c7-c7c([2H])c([2H])c([2H])c([2H])c76)c([2H])c54)c3[2H])c([2H])c2[2H])c([2H])c1[2H]. The maximum Gasteiger partial charge on any atom is 0.0660 e. The molecule has 7 aromatic carbocycles. The average Bonchev–Trinajstić information content (AvgIpc) is 4.01. The molecule has 1 aliphatic carbocycles. The van der Waals surface area contributed by atoms with Crippen LogP contribution in [0.1, 0.15) is 66.0 Å². The maximum absolute atomic E-state index is 9.89. The zero-order chi connectivity index (χ0) is 57.5. The Morgan fingerprint density at radius 1 is 0.500 bits per heavy atom. The molecule has 218 valence electrons. The number of nitrogens with zero attached hydrogens (tertiary/aromatic N) is 1. The number of benzene rings is 7. The standard InChI is InChI=1S/C44H31NS/c1-44(40-18-10-8-16-36(40)37-17-9-11-19-41(37)44)32-22-27-42-39(28-32)38-26-25-35(29-43(38)46-42)45(33-14-6-3-7-15-33)34-23-20-31(21-24-34)30-12-4-2-5-13-30/h2-29H,1H3/i1D3,2D,3D,4D,5D,6D,7D,8D,9D,10D,11D,12D,13D,14D,15D,16D,17D,18D,19D,20D,21D,22D,23D,24D,25D,26D,27D,28D,29D. The molecule has 8 aromatic rings.